The summed E-state index contributed by atoms with van der Waals surface area (Å²) in [5.41, 5.74) is 1.12. The molecule has 5 nitrogen and oxygen atoms in total. The molecule has 1 aromatic rings. The molecule has 2 aliphatic rings. The number of likely N-dealkylation sites (tertiary alicyclic amines) is 1. The molecule has 1 saturated carbocycles. The highest BCUT2D eigenvalue weighted by molar-refractivity contribution is 5.76. The SMILES string of the molecule is CC(C)CCC(=O)NC[C@@]1(c2ccccc2)CC[C@H](O)[C@@H](N2CCC(O)CC2)CC1. The van der Waals surface area contributed by atoms with Crippen LogP contribution in [0.1, 0.15) is 70.8 Å². The summed E-state index contributed by atoms with van der Waals surface area (Å²) in [7, 11) is 0. The minimum atomic E-state index is -0.359. The predicted octanol–water partition coefficient (Wildman–Crippen LogP) is 3.24. The molecule has 1 aromatic carbocycles. The number of hydrogen-bond acceptors (Lipinski definition) is 4. The molecular formula is C25H40N2O3. The fourth-order valence-corrected chi connectivity index (χ4v) is 5.14. The minimum absolute atomic E-state index is 0.130. The van der Waals surface area contributed by atoms with Gasteiger partial charge in [-0.05, 0) is 56.4 Å². The highest BCUT2D eigenvalue weighted by Gasteiger charge is 2.40. The van der Waals surface area contributed by atoms with Gasteiger partial charge >= 0.3 is 0 Å². The Labute approximate surface area is 181 Å². The van der Waals surface area contributed by atoms with Gasteiger partial charge < -0.3 is 15.5 Å². The van der Waals surface area contributed by atoms with E-state index in [1.807, 2.05) is 6.07 Å². The van der Waals surface area contributed by atoms with E-state index in [9.17, 15) is 15.0 Å². The zero-order valence-electron chi connectivity index (χ0n) is 18.7. The standard InChI is InChI=1S/C25H40N2O3/c1-19(2)8-9-24(30)26-18-25(20-6-4-3-5-7-20)14-10-22(23(29)11-15-25)27-16-12-21(28)13-17-27/h3-7,19,21-23,28-29H,8-18H2,1-2H3,(H,26,30)/t22-,23-,25-/m0/s1. The van der Waals surface area contributed by atoms with Gasteiger partial charge in [0.1, 0.15) is 0 Å². The maximum absolute atomic E-state index is 12.5. The second-order valence-electron chi connectivity index (χ2n) is 9.83. The highest BCUT2D eigenvalue weighted by Crippen LogP contribution is 2.39. The van der Waals surface area contributed by atoms with E-state index in [-0.39, 0.29) is 29.6 Å². The molecule has 0 aromatic heterocycles. The van der Waals surface area contributed by atoms with Crippen LogP contribution in [0, 0.1) is 5.92 Å². The van der Waals surface area contributed by atoms with Gasteiger partial charge in [-0.1, -0.05) is 44.2 Å². The van der Waals surface area contributed by atoms with Crippen LogP contribution in [0.2, 0.25) is 0 Å². The Hall–Kier alpha value is -1.43. The first kappa shape index (κ1) is 23.2. The highest BCUT2D eigenvalue weighted by atomic mass is 16.3. The lowest BCUT2D eigenvalue weighted by atomic mass is 9.74. The Morgan fingerprint density at radius 1 is 1.10 bits per heavy atom. The van der Waals surface area contributed by atoms with Crippen molar-refractivity contribution in [2.45, 2.75) is 88.9 Å². The summed E-state index contributed by atoms with van der Waals surface area (Å²) in [5.74, 6) is 0.654. The normalized spacial score (nSPS) is 29.0. The Kier molecular flexibility index (Phi) is 8.32. The van der Waals surface area contributed by atoms with E-state index in [0.29, 0.717) is 18.9 Å². The van der Waals surface area contributed by atoms with Crippen LogP contribution in [0.4, 0.5) is 0 Å². The third kappa shape index (κ3) is 6.05. The van der Waals surface area contributed by atoms with Crippen LogP contribution in [-0.4, -0.2) is 58.9 Å². The quantitative estimate of drug-likeness (QED) is 0.597. The van der Waals surface area contributed by atoms with E-state index in [1.165, 1.54) is 5.56 Å². The van der Waals surface area contributed by atoms with Gasteiger partial charge in [-0.3, -0.25) is 9.69 Å². The second kappa shape index (κ2) is 10.7. The van der Waals surface area contributed by atoms with Crippen LogP contribution >= 0.6 is 0 Å². The summed E-state index contributed by atoms with van der Waals surface area (Å²) >= 11 is 0. The zero-order chi connectivity index (χ0) is 21.6. The zero-order valence-corrected chi connectivity index (χ0v) is 18.7. The summed E-state index contributed by atoms with van der Waals surface area (Å²) in [4.78, 5) is 14.8. The lowest BCUT2D eigenvalue weighted by Gasteiger charge is -2.38. The molecule has 1 amide bonds. The molecule has 168 valence electrons. The number of hydrogen-bond donors (Lipinski definition) is 3. The fourth-order valence-electron chi connectivity index (χ4n) is 5.14. The van der Waals surface area contributed by atoms with Crippen molar-refractivity contribution < 1.29 is 15.0 Å². The van der Waals surface area contributed by atoms with E-state index in [2.05, 4.69) is 48.3 Å². The number of carbonyl (C=O) groups is 1. The number of aliphatic hydroxyl groups excluding tert-OH is 2. The number of nitrogens with one attached hydrogen (secondary N) is 1. The number of benzene rings is 1. The summed E-state index contributed by atoms with van der Waals surface area (Å²) < 4.78 is 0. The van der Waals surface area contributed by atoms with Crippen molar-refractivity contribution in [3.8, 4) is 0 Å². The Balaban J connectivity index is 1.72. The summed E-state index contributed by atoms with van der Waals surface area (Å²) in [6, 6.07) is 10.7. The van der Waals surface area contributed by atoms with Crippen LogP contribution in [0.15, 0.2) is 30.3 Å². The van der Waals surface area contributed by atoms with Gasteiger partial charge in [0.2, 0.25) is 5.91 Å². The molecule has 1 aliphatic heterocycles. The van der Waals surface area contributed by atoms with Gasteiger partial charge in [0.15, 0.2) is 0 Å². The average molecular weight is 417 g/mol. The van der Waals surface area contributed by atoms with Crippen LogP contribution in [0.25, 0.3) is 0 Å². The van der Waals surface area contributed by atoms with Crippen molar-refractivity contribution in [1.29, 1.82) is 0 Å². The van der Waals surface area contributed by atoms with Crippen molar-refractivity contribution in [1.82, 2.24) is 10.2 Å². The molecule has 5 heteroatoms. The first-order chi connectivity index (χ1) is 14.4. The van der Waals surface area contributed by atoms with E-state index in [1.54, 1.807) is 0 Å². The van der Waals surface area contributed by atoms with Crippen LogP contribution in [-0.2, 0) is 10.2 Å². The van der Waals surface area contributed by atoms with Gasteiger partial charge in [-0.15, -0.1) is 0 Å². The number of piperidine rings is 1. The molecule has 0 bridgehead atoms. The largest absolute Gasteiger partial charge is 0.393 e. The molecule has 0 unspecified atom stereocenters. The molecule has 0 spiro atoms. The molecule has 3 atom stereocenters. The molecule has 0 radical (unpaired) electrons. The van der Waals surface area contributed by atoms with Crippen molar-refractivity contribution in [2.24, 2.45) is 5.92 Å². The van der Waals surface area contributed by atoms with E-state index in [0.717, 1.165) is 58.0 Å². The van der Waals surface area contributed by atoms with Crippen molar-refractivity contribution in [3.05, 3.63) is 35.9 Å². The first-order valence-corrected chi connectivity index (χ1v) is 11.8. The third-order valence-electron chi connectivity index (χ3n) is 7.21. The van der Waals surface area contributed by atoms with Gasteiger partial charge in [0.25, 0.3) is 0 Å². The predicted molar refractivity (Wildman–Crippen MR) is 120 cm³/mol. The Bertz CT molecular complexity index is 658. The maximum Gasteiger partial charge on any atom is 0.220 e. The minimum Gasteiger partial charge on any atom is -0.393 e. The van der Waals surface area contributed by atoms with Crippen molar-refractivity contribution >= 4 is 5.91 Å². The average Bonchev–Trinajstić information content (AvgIpc) is 2.92. The first-order valence-electron chi connectivity index (χ1n) is 11.8. The van der Waals surface area contributed by atoms with Crippen molar-refractivity contribution in [2.75, 3.05) is 19.6 Å². The molecule has 2 fully saturated rings. The summed E-state index contributed by atoms with van der Waals surface area (Å²) in [5, 5.41) is 24.0. The van der Waals surface area contributed by atoms with Gasteiger partial charge in [-0.2, -0.15) is 0 Å². The van der Waals surface area contributed by atoms with Gasteiger partial charge in [0, 0.05) is 37.5 Å². The molecule has 1 aliphatic carbocycles. The van der Waals surface area contributed by atoms with Gasteiger partial charge in [-0.25, -0.2) is 0 Å². The number of nitrogens with zero attached hydrogens (tertiary/aromatic N) is 1. The van der Waals surface area contributed by atoms with E-state index in [4.69, 9.17) is 0 Å². The smallest absolute Gasteiger partial charge is 0.220 e. The fraction of sp³-hybridized carbons (Fsp3) is 0.720. The van der Waals surface area contributed by atoms with Gasteiger partial charge in [0.05, 0.1) is 12.2 Å². The van der Waals surface area contributed by atoms with Crippen LogP contribution < -0.4 is 5.32 Å². The lowest BCUT2D eigenvalue weighted by molar-refractivity contribution is -0.121. The van der Waals surface area contributed by atoms with E-state index >= 15 is 0 Å². The number of rotatable bonds is 7. The van der Waals surface area contributed by atoms with E-state index < -0.39 is 0 Å². The van der Waals surface area contributed by atoms with Crippen molar-refractivity contribution in [3.63, 3.8) is 0 Å². The number of aliphatic hydroxyl groups is 2. The monoisotopic (exact) mass is 416 g/mol. The summed E-state index contributed by atoms with van der Waals surface area (Å²) in [6.07, 6.45) is 5.97. The molecule has 1 heterocycles. The topological polar surface area (TPSA) is 72.8 Å². The Morgan fingerprint density at radius 2 is 1.77 bits per heavy atom. The van der Waals surface area contributed by atoms with Crippen LogP contribution in [0.5, 0.6) is 0 Å². The molecule has 1 saturated heterocycles. The lowest BCUT2D eigenvalue weighted by Crippen LogP contribution is -2.48. The number of amides is 1. The molecular weight excluding hydrogens is 376 g/mol. The molecule has 3 rings (SSSR count). The third-order valence-corrected chi connectivity index (χ3v) is 7.21. The maximum atomic E-state index is 12.5. The molecule has 30 heavy (non-hydrogen) atoms. The summed E-state index contributed by atoms with van der Waals surface area (Å²) in [6.45, 7) is 6.63. The molecule has 3 N–H and O–H groups in total. The number of carbonyl (C=O) groups excluding carboxylic acids is 1. The van der Waals surface area contributed by atoms with Crippen LogP contribution in [0.3, 0.4) is 0 Å². The Morgan fingerprint density at radius 3 is 2.43 bits per heavy atom. The second-order valence-corrected chi connectivity index (χ2v) is 9.83.